The summed E-state index contributed by atoms with van der Waals surface area (Å²) in [6.45, 7) is 6.36. The molecular weight excluding hydrogens is 307 g/mol. The lowest BCUT2D eigenvalue weighted by atomic mass is 10.3. The third kappa shape index (κ3) is 14.6. The van der Waals surface area contributed by atoms with E-state index >= 15 is 0 Å². The second-order valence-electron chi connectivity index (χ2n) is 3.17. The van der Waals surface area contributed by atoms with Gasteiger partial charge in [0.1, 0.15) is 0 Å². The molecule has 0 heterocycles. The van der Waals surface area contributed by atoms with E-state index in [-0.39, 0.29) is 0 Å². The highest BCUT2D eigenvalue weighted by Crippen LogP contribution is 1.98. The van der Waals surface area contributed by atoms with Gasteiger partial charge in [0.25, 0.3) is 0 Å². The zero-order chi connectivity index (χ0) is 11.2. The summed E-state index contributed by atoms with van der Waals surface area (Å²) < 4.78 is 17.1. The molecule has 0 saturated carbocycles. The van der Waals surface area contributed by atoms with E-state index in [0.29, 0.717) is 26.4 Å². The SMILES string of the molecule is CCOCCOCCOCCCCCI. The molecule has 0 rings (SSSR count). The standard InChI is InChI=1S/C11H23IO3/c1-2-13-8-9-15-11-10-14-7-5-3-4-6-12/h2-11H2,1H3. The van der Waals surface area contributed by atoms with Crippen molar-refractivity contribution in [3.63, 3.8) is 0 Å². The molecule has 0 unspecified atom stereocenters. The molecule has 0 saturated heterocycles. The number of hydrogen-bond acceptors (Lipinski definition) is 3. The van der Waals surface area contributed by atoms with Gasteiger partial charge in [-0.3, -0.25) is 0 Å². The molecule has 0 aliphatic heterocycles. The molecule has 0 N–H and O–H groups in total. The van der Waals surface area contributed by atoms with E-state index in [1.165, 1.54) is 23.7 Å². The Balaban J connectivity index is 2.81. The lowest BCUT2D eigenvalue weighted by Gasteiger charge is -2.05. The molecular formula is C11H23IO3. The van der Waals surface area contributed by atoms with Gasteiger partial charge in [-0.1, -0.05) is 29.0 Å². The largest absolute Gasteiger partial charge is 0.379 e. The lowest BCUT2D eigenvalue weighted by molar-refractivity contribution is 0.0163. The van der Waals surface area contributed by atoms with Gasteiger partial charge in [-0.2, -0.15) is 0 Å². The van der Waals surface area contributed by atoms with Crippen molar-refractivity contribution in [3.8, 4) is 0 Å². The summed E-state index contributed by atoms with van der Waals surface area (Å²) in [6, 6.07) is 0. The average molecular weight is 330 g/mol. The van der Waals surface area contributed by atoms with E-state index in [1.54, 1.807) is 0 Å². The Labute approximate surface area is 107 Å². The molecule has 0 bridgehead atoms. The summed E-state index contributed by atoms with van der Waals surface area (Å²) in [5, 5.41) is 0. The third-order valence-corrected chi connectivity index (χ3v) is 2.63. The van der Waals surface area contributed by atoms with E-state index < -0.39 is 0 Å². The van der Waals surface area contributed by atoms with Crippen LogP contribution in [0.1, 0.15) is 26.2 Å². The molecule has 3 nitrogen and oxygen atoms in total. The monoisotopic (exact) mass is 330 g/mol. The van der Waals surface area contributed by atoms with E-state index in [9.17, 15) is 0 Å². The fourth-order valence-corrected chi connectivity index (χ4v) is 1.60. The van der Waals surface area contributed by atoms with Gasteiger partial charge in [0.2, 0.25) is 0 Å². The van der Waals surface area contributed by atoms with Crippen molar-refractivity contribution < 1.29 is 14.2 Å². The summed E-state index contributed by atoms with van der Waals surface area (Å²) in [5.41, 5.74) is 0. The first-order chi connectivity index (χ1) is 7.41. The van der Waals surface area contributed by atoms with Crippen molar-refractivity contribution in [2.24, 2.45) is 0 Å². The summed E-state index contributed by atoms with van der Waals surface area (Å²) in [6.07, 6.45) is 3.74. The predicted molar refractivity (Wildman–Crippen MR) is 70.9 cm³/mol. The number of alkyl halides is 1. The maximum absolute atomic E-state index is 5.42. The first-order valence-electron chi connectivity index (χ1n) is 5.71. The van der Waals surface area contributed by atoms with Crippen LogP contribution in [0.25, 0.3) is 0 Å². The van der Waals surface area contributed by atoms with Crippen LogP contribution in [0, 0.1) is 0 Å². The Morgan fingerprint density at radius 1 is 0.733 bits per heavy atom. The van der Waals surface area contributed by atoms with Crippen LogP contribution in [0.3, 0.4) is 0 Å². The van der Waals surface area contributed by atoms with Gasteiger partial charge >= 0.3 is 0 Å². The predicted octanol–water partition coefficient (Wildman–Crippen LogP) is 2.66. The van der Waals surface area contributed by atoms with E-state index in [2.05, 4.69) is 22.6 Å². The van der Waals surface area contributed by atoms with Gasteiger partial charge in [-0.05, 0) is 24.2 Å². The highest BCUT2D eigenvalue weighted by molar-refractivity contribution is 14.1. The number of rotatable bonds is 12. The van der Waals surface area contributed by atoms with Gasteiger partial charge in [0.15, 0.2) is 0 Å². The Morgan fingerprint density at radius 3 is 1.93 bits per heavy atom. The van der Waals surface area contributed by atoms with Gasteiger partial charge in [-0.25, -0.2) is 0 Å². The quantitative estimate of drug-likeness (QED) is 0.313. The number of hydrogen-bond donors (Lipinski definition) is 0. The van der Waals surface area contributed by atoms with Crippen molar-refractivity contribution in [3.05, 3.63) is 0 Å². The zero-order valence-electron chi connectivity index (χ0n) is 9.67. The number of ether oxygens (including phenoxy) is 3. The first-order valence-corrected chi connectivity index (χ1v) is 7.23. The normalized spacial score (nSPS) is 10.8. The van der Waals surface area contributed by atoms with Crippen LogP contribution >= 0.6 is 22.6 Å². The van der Waals surface area contributed by atoms with Crippen LogP contribution in [0.2, 0.25) is 0 Å². The van der Waals surface area contributed by atoms with Crippen molar-refractivity contribution in [2.45, 2.75) is 26.2 Å². The minimum Gasteiger partial charge on any atom is -0.379 e. The van der Waals surface area contributed by atoms with Crippen molar-refractivity contribution in [1.29, 1.82) is 0 Å². The molecule has 0 aromatic carbocycles. The Morgan fingerprint density at radius 2 is 1.33 bits per heavy atom. The number of unbranched alkanes of at least 4 members (excludes halogenated alkanes) is 2. The molecule has 92 valence electrons. The van der Waals surface area contributed by atoms with Crippen LogP contribution in [0.5, 0.6) is 0 Å². The average Bonchev–Trinajstić information content (AvgIpc) is 2.26. The number of halogens is 1. The molecule has 4 heteroatoms. The molecule has 0 atom stereocenters. The van der Waals surface area contributed by atoms with Crippen molar-refractivity contribution in [2.75, 3.05) is 44.1 Å². The summed E-state index contributed by atoms with van der Waals surface area (Å²) in [4.78, 5) is 0. The molecule has 0 fully saturated rings. The third-order valence-electron chi connectivity index (χ3n) is 1.87. The van der Waals surface area contributed by atoms with Gasteiger partial charge in [-0.15, -0.1) is 0 Å². The molecule has 15 heavy (non-hydrogen) atoms. The van der Waals surface area contributed by atoms with Crippen LogP contribution in [-0.4, -0.2) is 44.1 Å². The van der Waals surface area contributed by atoms with Crippen molar-refractivity contribution in [1.82, 2.24) is 0 Å². The zero-order valence-corrected chi connectivity index (χ0v) is 11.8. The minimum atomic E-state index is 0.673. The smallest absolute Gasteiger partial charge is 0.0701 e. The van der Waals surface area contributed by atoms with Gasteiger partial charge in [0.05, 0.1) is 26.4 Å². The Hall–Kier alpha value is 0.610. The second-order valence-corrected chi connectivity index (χ2v) is 4.25. The fraction of sp³-hybridized carbons (Fsp3) is 1.00. The molecule has 0 aromatic heterocycles. The minimum absolute atomic E-state index is 0.673. The lowest BCUT2D eigenvalue weighted by Crippen LogP contribution is -2.09. The van der Waals surface area contributed by atoms with Gasteiger partial charge in [0, 0.05) is 13.2 Å². The molecule has 0 aliphatic carbocycles. The summed E-state index contributed by atoms with van der Waals surface area (Å²) in [7, 11) is 0. The highest BCUT2D eigenvalue weighted by Gasteiger charge is 1.91. The van der Waals surface area contributed by atoms with E-state index in [4.69, 9.17) is 14.2 Å². The summed E-state index contributed by atoms with van der Waals surface area (Å²) in [5.74, 6) is 0. The highest BCUT2D eigenvalue weighted by atomic mass is 127. The molecule has 0 amide bonds. The van der Waals surface area contributed by atoms with Crippen molar-refractivity contribution >= 4 is 22.6 Å². The first kappa shape index (κ1) is 15.6. The fourth-order valence-electron chi connectivity index (χ4n) is 1.06. The molecule has 0 radical (unpaired) electrons. The topological polar surface area (TPSA) is 27.7 Å². The summed E-state index contributed by atoms with van der Waals surface area (Å²) >= 11 is 2.41. The Bertz CT molecular complexity index is 100. The Kier molecular flexibility index (Phi) is 15.2. The maximum atomic E-state index is 5.42. The van der Waals surface area contributed by atoms with Crippen LogP contribution in [0.15, 0.2) is 0 Å². The molecule has 0 aliphatic rings. The van der Waals surface area contributed by atoms with Crippen LogP contribution in [-0.2, 0) is 14.2 Å². The van der Waals surface area contributed by atoms with E-state index in [1.807, 2.05) is 6.92 Å². The molecule has 0 aromatic rings. The van der Waals surface area contributed by atoms with Crippen LogP contribution < -0.4 is 0 Å². The van der Waals surface area contributed by atoms with Crippen LogP contribution in [0.4, 0.5) is 0 Å². The maximum Gasteiger partial charge on any atom is 0.0701 e. The van der Waals surface area contributed by atoms with Gasteiger partial charge < -0.3 is 14.2 Å². The second kappa shape index (κ2) is 14.6. The molecule has 0 spiro atoms. The van der Waals surface area contributed by atoms with E-state index in [0.717, 1.165) is 13.2 Å².